The summed E-state index contributed by atoms with van der Waals surface area (Å²) in [6.07, 6.45) is 6.03. The molecule has 8 heteroatoms. The van der Waals surface area contributed by atoms with Crippen LogP contribution in [0.4, 0.5) is 0 Å². The summed E-state index contributed by atoms with van der Waals surface area (Å²) in [7, 11) is 1.10. The SMILES string of the molecule is CN(C)C[C@@H]1CCCCN1C(=O)c1cc(C2CC2)n([C@@H]2CCS(=O)(=O)C2)n1. The molecule has 3 heterocycles. The summed E-state index contributed by atoms with van der Waals surface area (Å²) >= 11 is 0. The Kier molecular flexibility index (Phi) is 5.05. The molecule has 2 atom stereocenters. The molecule has 3 aliphatic rings. The van der Waals surface area contributed by atoms with Crippen LogP contribution < -0.4 is 0 Å². The van der Waals surface area contributed by atoms with Gasteiger partial charge in [0.1, 0.15) is 0 Å². The van der Waals surface area contributed by atoms with Crippen LogP contribution in [0.15, 0.2) is 6.07 Å². The predicted octanol–water partition coefficient (Wildman–Crippen LogP) is 1.68. The average Bonchev–Trinajstić information content (AvgIpc) is 3.25. The van der Waals surface area contributed by atoms with Crippen molar-refractivity contribution in [2.75, 3.05) is 38.7 Å². The minimum Gasteiger partial charge on any atom is -0.333 e. The fourth-order valence-corrected chi connectivity index (χ4v) is 6.18. The maximum atomic E-state index is 13.3. The Morgan fingerprint density at radius 1 is 1.22 bits per heavy atom. The lowest BCUT2D eigenvalue weighted by Gasteiger charge is -2.36. The Labute approximate surface area is 161 Å². The lowest BCUT2D eigenvalue weighted by Crippen LogP contribution is -2.48. The van der Waals surface area contributed by atoms with E-state index >= 15 is 0 Å². The Bertz CT molecular complexity index is 813. The number of hydrogen-bond acceptors (Lipinski definition) is 5. The molecule has 7 nitrogen and oxygen atoms in total. The van der Waals surface area contributed by atoms with E-state index in [1.54, 1.807) is 0 Å². The number of piperidine rings is 1. The fourth-order valence-electron chi connectivity index (χ4n) is 4.48. The van der Waals surface area contributed by atoms with Gasteiger partial charge in [0.05, 0.1) is 17.5 Å². The molecule has 0 bridgehead atoms. The lowest BCUT2D eigenvalue weighted by atomic mass is 10.0. The smallest absolute Gasteiger partial charge is 0.274 e. The summed E-state index contributed by atoms with van der Waals surface area (Å²) in [5.74, 6) is 0.807. The highest BCUT2D eigenvalue weighted by Crippen LogP contribution is 2.42. The van der Waals surface area contributed by atoms with Gasteiger partial charge in [-0.25, -0.2) is 8.42 Å². The first-order chi connectivity index (χ1) is 12.8. The standard InChI is InChI=1S/C19H30N4O3S/c1-21(2)12-15-5-3-4-9-22(15)19(24)17-11-18(14-6-7-14)23(20-17)16-8-10-27(25,26)13-16/h11,14-16H,3-10,12-13H2,1-2H3/t15-,16+/m0/s1. The van der Waals surface area contributed by atoms with Gasteiger partial charge in [-0.1, -0.05) is 0 Å². The third-order valence-electron chi connectivity index (χ3n) is 6.00. The number of nitrogens with zero attached hydrogens (tertiary/aromatic N) is 4. The van der Waals surface area contributed by atoms with E-state index in [1.165, 1.54) is 0 Å². The zero-order valence-corrected chi connectivity index (χ0v) is 17.1. The largest absolute Gasteiger partial charge is 0.333 e. The van der Waals surface area contributed by atoms with Gasteiger partial charge in [-0.3, -0.25) is 9.48 Å². The van der Waals surface area contributed by atoms with Crippen LogP contribution in [-0.4, -0.2) is 78.6 Å². The van der Waals surface area contributed by atoms with Crippen molar-refractivity contribution in [1.82, 2.24) is 19.6 Å². The van der Waals surface area contributed by atoms with E-state index in [9.17, 15) is 13.2 Å². The van der Waals surface area contributed by atoms with Crippen LogP contribution in [0.5, 0.6) is 0 Å². The van der Waals surface area contributed by atoms with Gasteiger partial charge in [0.15, 0.2) is 15.5 Å². The molecular formula is C19H30N4O3S. The van der Waals surface area contributed by atoms with E-state index in [2.05, 4.69) is 10.00 Å². The molecule has 0 N–H and O–H groups in total. The van der Waals surface area contributed by atoms with Crippen LogP contribution >= 0.6 is 0 Å². The zero-order valence-electron chi connectivity index (χ0n) is 16.3. The van der Waals surface area contributed by atoms with E-state index in [1.807, 2.05) is 29.7 Å². The molecular weight excluding hydrogens is 364 g/mol. The Hall–Kier alpha value is -1.41. The Morgan fingerprint density at radius 2 is 2.00 bits per heavy atom. The molecule has 1 amide bonds. The molecule has 0 spiro atoms. The second kappa shape index (κ2) is 7.20. The molecule has 0 radical (unpaired) electrons. The number of sulfone groups is 1. The van der Waals surface area contributed by atoms with E-state index in [4.69, 9.17) is 0 Å². The second-order valence-corrected chi connectivity index (χ2v) is 10.9. The number of carbonyl (C=O) groups is 1. The molecule has 0 aromatic carbocycles. The molecule has 1 aromatic rings. The first kappa shape index (κ1) is 18.9. The molecule has 0 unspecified atom stereocenters. The molecule has 3 fully saturated rings. The van der Waals surface area contributed by atoms with Crippen LogP contribution in [0.25, 0.3) is 0 Å². The van der Waals surface area contributed by atoms with Crippen LogP contribution in [0.1, 0.15) is 66.7 Å². The Balaban J connectivity index is 1.59. The van der Waals surface area contributed by atoms with Gasteiger partial charge in [-0.15, -0.1) is 0 Å². The number of hydrogen-bond donors (Lipinski definition) is 0. The number of carbonyl (C=O) groups excluding carboxylic acids is 1. The highest BCUT2D eigenvalue weighted by molar-refractivity contribution is 7.91. The maximum absolute atomic E-state index is 13.3. The lowest BCUT2D eigenvalue weighted by molar-refractivity contribution is 0.0567. The van der Waals surface area contributed by atoms with Crippen molar-refractivity contribution in [3.05, 3.63) is 17.5 Å². The van der Waals surface area contributed by atoms with Crippen molar-refractivity contribution >= 4 is 15.7 Å². The first-order valence-corrected chi connectivity index (χ1v) is 11.9. The van der Waals surface area contributed by atoms with Gasteiger partial charge < -0.3 is 9.80 Å². The maximum Gasteiger partial charge on any atom is 0.274 e. The van der Waals surface area contributed by atoms with Crippen LogP contribution in [0.3, 0.4) is 0 Å². The first-order valence-electron chi connectivity index (χ1n) is 10.1. The molecule has 2 saturated heterocycles. The Morgan fingerprint density at radius 3 is 2.63 bits per heavy atom. The van der Waals surface area contributed by atoms with E-state index < -0.39 is 9.84 Å². The minimum absolute atomic E-state index is 0.00283. The molecule has 150 valence electrons. The quantitative estimate of drug-likeness (QED) is 0.759. The number of likely N-dealkylation sites (tertiary alicyclic amines) is 1. The van der Waals surface area contributed by atoms with E-state index in [0.29, 0.717) is 18.0 Å². The molecule has 2 aliphatic heterocycles. The third-order valence-corrected chi connectivity index (χ3v) is 7.75. The number of rotatable bonds is 5. The summed E-state index contributed by atoms with van der Waals surface area (Å²) in [6, 6.07) is 2.04. The van der Waals surface area contributed by atoms with Gasteiger partial charge in [-0.2, -0.15) is 5.10 Å². The van der Waals surface area contributed by atoms with Gasteiger partial charge in [0, 0.05) is 30.7 Å². The van der Waals surface area contributed by atoms with Crippen molar-refractivity contribution in [3.63, 3.8) is 0 Å². The van der Waals surface area contributed by atoms with Crippen molar-refractivity contribution in [2.45, 2.75) is 56.5 Å². The third kappa shape index (κ3) is 4.06. The molecule has 27 heavy (non-hydrogen) atoms. The summed E-state index contributed by atoms with van der Waals surface area (Å²) < 4.78 is 25.7. The van der Waals surface area contributed by atoms with Crippen LogP contribution in [0, 0.1) is 0 Å². The number of likely N-dealkylation sites (N-methyl/N-ethyl adjacent to an activating group) is 1. The highest BCUT2D eigenvalue weighted by atomic mass is 32.2. The average molecular weight is 395 g/mol. The van der Waals surface area contributed by atoms with Gasteiger partial charge in [-0.05, 0) is 58.7 Å². The molecule has 4 rings (SSSR count). The van der Waals surface area contributed by atoms with E-state index in [0.717, 1.165) is 50.9 Å². The number of amides is 1. The summed E-state index contributed by atoms with van der Waals surface area (Å²) in [4.78, 5) is 17.4. The normalized spacial score (nSPS) is 28.0. The molecule has 1 aliphatic carbocycles. The van der Waals surface area contributed by atoms with Gasteiger partial charge in [0.2, 0.25) is 0 Å². The van der Waals surface area contributed by atoms with Gasteiger partial charge in [0.25, 0.3) is 5.91 Å². The summed E-state index contributed by atoms with van der Waals surface area (Å²) in [5, 5.41) is 4.66. The number of aromatic nitrogens is 2. The van der Waals surface area contributed by atoms with Crippen LogP contribution in [-0.2, 0) is 9.84 Å². The summed E-state index contributed by atoms with van der Waals surface area (Å²) in [5.41, 5.74) is 1.55. The van der Waals surface area contributed by atoms with Gasteiger partial charge >= 0.3 is 0 Å². The topological polar surface area (TPSA) is 75.5 Å². The van der Waals surface area contributed by atoms with Crippen molar-refractivity contribution in [1.29, 1.82) is 0 Å². The highest BCUT2D eigenvalue weighted by Gasteiger charge is 2.37. The van der Waals surface area contributed by atoms with Crippen molar-refractivity contribution in [3.8, 4) is 0 Å². The van der Waals surface area contributed by atoms with Crippen molar-refractivity contribution < 1.29 is 13.2 Å². The fraction of sp³-hybridized carbons (Fsp3) is 0.789. The zero-order chi connectivity index (χ0) is 19.2. The van der Waals surface area contributed by atoms with E-state index in [-0.39, 0.29) is 29.5 Å². The van der Waals surface area contributed by atoms with Crippen LogP contribution in [0.2, 0.25) is 0 Å². The van der Waals surface area contributed by atoms with Crippen molar-refractivity contribution in [2.24, 2.45) is 0 Å². The monoisotopic (exact) mass is 394 g/mol. The second-order valence-electron chi connectivity index (χ2n) is 8.64. The molecule has 1 aromatic heterocycles. The predicted molar refractivity (Wildman–Crippen MR) is 104 cm³/mol. The minimum atomic E-state index is -2.98. The summed E-state index contributed by atoms with van der Waals surface area (Å²) in [6.45, 7) is 1.64. The molecule has 1 saturated carbocycles.